The topological polar surface area (TPSA) is 68.3 Å². The standard InChI is InChI=1S/C26H36N4O3/c1-27-25(31)24-19-28(18-21-6-4-3-5-7-21)16-17-30(24)20-26(32)12-14-29(15-13-26)22-8-10-23(33-2)11-9-22/h3-11,24,32H,12-20H2,1-2H3,(H,27,31)/t24-/m1/s1. The maximum absolute atomic E-state index is 12.7. The molecule has 0 aromatic heterocycles. The van der Waals surface area contributed by atoms with E-state index in [2.05, 4.69) is 56.4 Å². The first-order valence-electron chi connectivity index (χ1n) is 11.8. The van der Waals surface area contributed by atoms with E-state index in [1.54, 1.807) is 14.2 Å². The van der Waals surface area contributed by atoms with Gasteiger partial charge in [-0.25, -0.2) is 0 Å². The monoisotopic (exact) mass is 452 g/mol. The van der Waals surface area contributed by atoms with Crippen LogP contribution in [0.4, 0.5) is 5.69 Å². The van der Waals surface area contributed by atoms with Crippen LogP contribution in [0.25, 0.3) is 0 Å². The van der Waals surface area contributed by atoms with E-state index >= 15 is 0 Å². The summed E-state index contributed by atoms with van der Waals surface area (Å²) in [5.74, 6) is 0.867. The fourth-order valence-corrected chi connectivity index (χ4v) is 4.98. The number of carbonyl (C=O) groups excluding carboxylic acids is 1. The molecule has 2 heterocycles. The van der Waals surface area contributed by atoms with Crippen LogP contribution in [-0.2, 0) is 11.3 Å². The van der Waals surface area contributed by atoms with Gasteiger partial charge in [0.25, 0.3) is 0 Å². The summed E-state index contributed by atoms with van der Waals surface area (Å²) in [6.45, 7) is 5.28. The molecule has 0 bridgehead atoms. The first-order valence-corrected chi connectivity index (χ1v) is 11.8. The Hall–Kier alpha value is -2.61. The van der Waals surface area contributed by atoms with E-state index in [4.69, 9.17) is 4.74 Å². The van der Waals surface area contributed by atoms with Crippen molar-refractivity contribution in [1.29, 1.82) is 0 Å². The molecule has 2 N–H and O–H groups in total. The van der Waals surface area contributed by atoms with Gasteiger partial charge in [0, 0.05) is 58.5 Å². The molecule has 0 unspecified atom stereocenters. The van der Waals surface area contributed by atoms with Crippen LogP contribution in [0.5, 0.6) is 5.75 Å². The smallest absolute Gasteiger partial charge is 0.238 e. The van der Waals surface area contributed by atoms with Crippen LogP contribution in [0.2, 0.25) is 0 Å². The van der Waals surface area contributed by atoms with Gasteiger partial charge in [0.05, 0.1) is 12.7 Å². The molecule has 0 radical (unpaired) electrons. The Bertz CT molecular complexity index is 898. The Morgan fingerprint density at radius 3 is 2.39 bits per heavy atom. The molecule has 7 heteroatoms. The molecule has 2 aromatic carbocycles. The minimum absolute atomic E-state index is 0.0204. The Morgan fingerprint density at radius 1 is 1.06 bits per heavy atom. The van der Waals surface area contributed by atoms with E-state index in [1.165, 1.54) is 5.56 Å². The van der Waals surface area contributed by atoms with Crippen LogP contribution < -0.4 is 15.0 Å². The minimum Gasteiger partial charge on any atom is -0.497 e. The molecule has 4 rings (SSSR count). The molecule has 33 heavy (non-hydrogen) atoms. The molecule has 2 aliphatic heterocycles. The quantitative estimate of drug-likeness (QED) is 0.670. The van der Waals surface area contributed by atoms with E-state index in [-0.39, 0.29) is 11.9 Å². The molecule has 0 spiro atoms. The van der Waals surface area contributed by atoms with E-state index in [0.29, 0.717) is 25.9 Å². The van der Waals surface area contributed by atoms with Crippen molar-refractivity contribution in [1.82, 2.24) is 15.1 Å². The van der Waals surface area contributed by atoms with Gasteiger partial charge in [-0.3, -0.25) is 14.6 Å². The summed E-state index contributed by atoms with van der Waals surface area (Å²) in [7, 11) is 3.36. The molecule has 2 saturated heterocycles. The molecule has 0 saturated carbocycles. The summed E-state index contributed by atoms with van der Waals surface area (Å²) in [6.07, 6.45) is 1.37. The number of amides is 1. The van der Waals surface area contributed by atoms with Crippen molar-refractivity contribution in [3.63, 3.8) is 0 Å². The highest BCUT2D eigenvalue weighted by molar-refractivity contribution is 5.81. The molecule has 2 aliphatic rings. The molecular formula is C26H36N4O3. The van der Waals surface area contributed by atoms with E-state index < -0.39 is 5.60 Å². The lowest BCUT2D eigenvalue weighted by Crippen LogP contribution is -2.62. The van der Waals surface area contributed by atoms with Gasteiger partial charge in [-0.1, -0.05) is 30.3 Å². The average Bonchev–Trinajstić information content (AvgIpc) is 2.85. The molecule has 2 fully saturated rings. The fraction of sp³-hybridized carbons (Fsp3) is 0.500. The van der Waals surface area contributed by atoms with Crippen molar-refractivity contribution < 1.29 is 14.6 Å². The molecule has 178 valence electrons. The highest BCUT2D eigenvalue weighted by Gasteiger charge is 2.39. The number of hydrogen-bond acceptors (Lipinski definition) is 6. The Kier molecular flexibility index (Phi) is 7.53. The Morgan fingerprint density at radius 2 is 1.76 bits per heavy atom. The van der Waals surface area contributed by atoms with Gasteiger partial charge in [0.1, 0.15) is 11.8 Å². The zero-order chi connectivity index (χ0) is 23.3. The second-order valence-electron chi connectivity index (χ2n) is 9.23. The number of β-amino-alcohol motifs (C(OH)–C–C–N with tert-alkyl or cyclic N) is 1. The highest BCUT2D eigenvalue weighted by atomic mass is 16.5. The fourth-order valence-electron chi connectivity index (χ4n) is 4.98. The Balaban J connectivity index is 1.36. The second kappa shape index (κ2) is 10.5. The van der Waals surface area contributed by atoms with Crippen molar-refractivity contribution in [2.24, 2.45) is 0 Å². The van der Waals surface area contributed by atoms with Crippen LogP contribution in [-0.4, -0.2) is 85.9 Å². The number of nitrogens with one attached hydrogen (secondary N) is 1. The van der Waals surface area contributed by atoms with Gasteiger partial charge in [0.15, 0.2) is 0 Å². The number of rotatable bonds is 7. The van der Waals surface area contributed by atoms with Crippen molar-refractivity contribution in [3.05, 3.63) is 60.2 Å². The van der Waals surface area contributed by atoms with Crippen molar-refractivity contribution in [3.8, 4) is 5.75 Å². The second-order valence-corrected chi connectivity index (χ2v) is 9.23. The number of ether oxygens (including phenoxy) is 1. The lowest BCUT2D eigenvalue weighted by atomic mass is 9.89. The number of anilines is 1. The third kappa shape index (κ3) is 5.85. The van der Waals surface area contributed by atoms with Crippen molar-refractivity contribution in [2.75, 3.05) is 58.3 Å². The van der Waals surface area contributed by atoms with Gasteiger partial charge in [-0.05, 0) is 42.7 Å². The number of benzene rings is 2. The Labute approximate surface area is 196 Å². The summed E-state index contributed by atoms with van der Waals surface area (Å²) in [5.41, 5.74) is 1.62. The summed E-state index contributed by atoms with van der Waals surface area (Å²) < 4.78 is 5.25. The number of piperazine rings is 1. The lowest BCUT2D eigenvalue weighted by molar-refractivity contribution is -0.131. The first kappa shape index (κ1) is 23.5. The lowest BCUT2D eigenvalue weighted by Gasteiger charge is -2.46. The number of nitrogens with zero attached hydrogens (tertiary/aromatic N) is 3. The van der Waals surface area contributed by atoms with Crippen LogP contribution >= 0.6 is 0 Å². The molecule has 1 atom stereocenters. The summed E-state index contributed by atoms with van der Waals surface area (Å²) in [5, 5.41) is 14.2. The van der Waals surface area contributed by atoms with Crippen LogP contribution in [0.1, 0.15) is 18.4 Å². The summed E-state index contributed by atoms with van der Waals surface area (Å²) in [6, 6.07) is 18.2. The predicted octanol–water partition coefficient (Wildman–Crippen LogP) is 1.96. The van der Waals surface area contributed by atoms with E-state index in [9.17, 15) is 9.90 Å². The van der Waals surface area contributed by atoms with E-state index in [1.807, 2.05) is 18.2 Å². The van der Waals surface area contributed by atoms with Crippen molar-refractivity contribution in [2.45, 2.75) is 31.0 Å². The van der Waals surface area contributed by atoms with Crippen LogP contribution in [0, 0.1) is 0 Å². The van der Waals surface area contributed by atoms with Gasteiger partial charge < -0.3 is 20.1 Å². The molecule has 0 aliphatic carbocycles. The largest absolute Gasteiger partial charge is 0.497 e. The first-order chi connectivity index (χ1) is 16.0. The molecule has 7 nitrogen and oxygen atoms in total. The van der Waals surface area contributed by atoms with Gasteiger partial charge in [-0.2, -0.15) is 0 Å². The van der Waals surface area contributed by atoms with E-state index in [0.717, 1.165) is 44.2 Å². The number of carbonyl (C=O) groups is 1. The zero-order valence-corrected chi connectivity index (χ0v) is 19.7. The highest BCUT2D eigenvalue weighted by Crippen LogP contribution is 2.29. The maximum Gasteiger partial charge on any atom is 0.238 e. The van der Waals surface area contributed by atoms with Crippen molar-refractivity contribution >= 4 is 11.6 Å². The normalized spacial score (nSPS) is 21.5. The summed E-state index contributed by atoms with van der Waals surface area (Å²) in [4.78, 5) is 19.6. The SMILES string of the molecule is CNC(=O)[C@H]1CN(Cc2ccccc2)CCN1CC1(O)CCN(c2ccc(OC)cc2)CC1. The van der Waals surface area contributed by atoms with Gasteiger partial charge >= 0.3 is 0 Å². The maximum atomic E-state index is 12.7. The van der Waals surface area contributed by atoms with Crippen LogP contribution in [0.15, 0.2) is 54.6 Å². The van der Waals surface area contributed by atoms with Gasteiger partial charge in [-0.15, -0.1) is 0 Å². The van der Waals surface area contributed by atoms with Crippen LogP contribution in [0.3, 0.4) is 0 Å². The third-order valence-corrected chi connectivity index (χ3v) is 7.00. The molecular weight excluding hydrogens is 416 g/mol. The number of aliphatic hydroxyl groups is 1. The zero-order valence-electron chi connectivity index (χ0n) is 19.7. The number of piperidine rings is 1. The average molecular weight is 453 g/mol. The minimum atomic E-state index is -0.781. The predicted molar refractivity (Wildman–Crippen MR) is 131 cm³/mol. The molecule has 1 amide bonds. The summed E-state index contributed by atoms with van der Waals surface area (Å²) >= 11 is 0. The number of methoxy groups -OCH3 is 1. The van der Waals surface area contributed by atoms with Gasteiger partial charge in [0.2, 0.25) is 5.91 Å². The number of likely N-dealkylation sites (N-methyl/N-ethyl adjacent to an activating group) is 1. The third-order valence-electron chi connectivity index (χ3n) is 7.00. The molecule has 2 aromatic rings. The number of hydrogen-bond donors (Lipinski definition) is 2.